The van der Waals surface area contributed by atoms with Crippen LogP contribution in [-0.4, -0.2) is 36.8 Å². The number of hydrogen-bond donors (Lipinski definition) is 3. The summed E-state index contributed by atoms with van der Waals surface area (Å²) in [7, 11) is 0. The number of hydrogen-bond acceptors (Lipinski definition) is 3. The lowest BCUT2D eigenvalue weighted by molar-refractivity contribution is -0.131. The van der Waals surface area contributed by atoms with Gasteiger partial charge in [0.1, 0.15) is 0 Å². The highest BCUT2D eigenvalue weighted by atomic mass is 16.3. The molecular formula is C12H24N2O2. The summed E-state index contributed by atoms with van der Waals surface area (Å²) in [6.45, 7) is 7.96. The maximum absolute atomic E-state index is 12.0. The first kappa shape index (κ1) is 13.5. The number of carbonyl (C=O) groups is 1. The van der Waals surface area contributed by atoms with E-state index in [1.165, 1.54) is 0 Å². The molecule has 3 N–H and O–H groups in total. The van der Waals surface area contributed by atoms with E-state index in [9.17, 15) is 9.90 Å². The van der Waals surface area contributed by atoms with Gasteiger partial charge in [0, 0.05) is 13.1 Å². The van der Waals surface area contributed by atoms with Crippen molar-refractivity contribution in [2.75, 3.05) is 19.6 Å². The zero-order valence-electron chi connectivity index (χ0n) is 10.5. The average molecular weight is 228 g/mol. The molecule has 16 heavy (non-hydrogen) atoms. The minimum Gasteiger partial charge on any atom is -0.391 e. The Morgan fingerprint density at radius 3 is 2.75 bits per heavy atom. The van der Waals surface area contributed by atoms with Crippen molar-refractivity contribution < 1.29 is 9.90 Å². The first-order valence-electron chi connectivity index (χ1n) is 6.13. The minimum atomic E-state index is -0.455. The van der Waals surface area contributed by atoms with Crippen LogP contribution < -0.4 is 10.6 Å². The van der Waals surface area contributed by atoms with E-state index < -0.39 is 6.10 Å². The number of aliphatic hydroxyl groups is 1. The van der Waals surface area contributed by atoms with Crippen LogP contribution in [0.25, 0.3) is 0 Å². The van der Waals surface area contributed by atoms with E-state index in [1.54, 1.807) is 0 Å². The molecule has 0 spiro atoms. The SMILES string of the molecule is CC(C)C(O)CNC(=O)C1(C)CCCNC1. The third kappa shape index (κ3) is 3.46. The minimum absolute atomic E-state index is 0.0550. The Labute approximate surface area is 97.8 Å². The van der Waals surface area contributed by atoms with Gasteiger partial charge in [-0.2, -0.15) is 0 Å². The topological polar surface area (TPSA) is 61.4 Å². The van der Waals surface area contributed by atoms with Gasteiger partial charge in [-0.3, -0.25) is 4.79 Å². The van der Waals surface area contributed by atoms with Gasteiger partial charge in [0.05, 0.1) is 11.5 Å². The van der Waals surface area contributed by atoms with Crippen LogP contribution in [0.15, 0.2) is 0 Å². The summed E-state index contributed by atoms with van der Waals surface area (Å²) in [6.07, 6.45) is 1.50. The van der Waals surface area contributed by atoms with Crippen LogP contribution in [0.3, 0.4) is 0 Å². The summed E-state index contributed by atoms with van der Waals surface area (Å²) < 4.78 is 0. The molecule has 2 unspecified atom stereocenters. The highest BCUT2D eigenvalue weighted by molar-refractivity contribution is 5.82. The quantitative estimate of drug-likeness (QED) is 0.657. The third-order valence-corrected chi connectivity index (χ3v) is 3.39. The number of piperidine rings is 1. The Hall–Kier alpha value is -0.610. The third-order valence-electron chi connectivity index (χ3n) is 3.39. The Balaban J connectivity index is 2.39. The molecule has 1 aliphatic rings. The van der Waals surface area contributed by atoms with Gasteiger partial charge in [-0.15, -0.1) is 0 Å². The van der Waals surface area contributed by atoms with Crippen molar-refractivity contribution in [3.8, 4) is 0 Å². The molecule has 0 bridgehead atoms. The van der Waals surface area contributed by atoms with Gasteiger partial charge >= 0.3 is 0 Å². The van der Waals surface area contributed by atoms with Gasteiger partial charge < -0.3 is 15.7 Å². The van der Waals surface area contributed by atoms with Crippen molar-refractivity contribution in [3.05, 3.63) is 0 Å². The fraction of sp³-hybridized carbons (Fsp3) is 0.917. The van der Waals surface area contributed by atoms with Crippen molar-refractivity contribution in [1.82, 2.24) is 10.6 Å². The zero-order chi connectivity index (χ0) is 12.2. The fourth-order valence-corrected chi connectivity index (χ4v) is 1.90. The average Bonchev–Trinajstić information content (AvgIpc) is 2.26. The number of carbonyl (C=O) groups excluding carboxylic acids is 1. The smallest absolute Gasteiger partial charge is 0.227 e. The molecule has 1 aliphatic heterocycles. The molecule has 1 amide bonds. The van der Waals surface area contributed by atoms with Gasteiger partial charge in [-0.05, 0) is 32.2 Å². The van der Waals surface area contributed by atoms with Gasteiger partial charge in [0.2, 0.25) is 5.91 Å². The lowest BCUT2D eigenvalue weighted by Gasteiger charge is -2.33. The van der Waals surface area contributed by atoms with E-state index in [2.05, 4.69) is 10.6 Å². The van der Waals surface area contributed by atoms with Crippen molar-refractivity contribution in [3.63, 3.8) is 0 Å². The highest BCUT2D eigenvalue weighted by Crippen LogP contribution is 2.25. The Morgan fingerprint density at radius 1 is 1.56 bits per heavy atom. The standard InChI is InChI=1S/C12H24N2O2/c1-9(2)10(15)7-14-11(16)12(3)5-4-6-13-8-12/h9-10,13,15H,4-8H2,1-3H3,(H,14,16). The largest absolute Gasteiger partial charge is 0.391 e. The van der Waals surface area contributed by atoms with Gasteiger partial charge in [-0.25, -0.2) is 0 Å². The van der Waals surface area contributed by atoms with Crippen molar-refractivity contribution >= 4 is 5.91 Å². The number of amides is 1. The van der Waals surface area contributed by atoms with E-state index in [0.717, 1.165) is 25.9 Å². The monoisotopic (exact) mass is 228 g/mol. The van der Waals surface area contributed by atoms with Crippen LogP contribution >= 0.6 is 0 Å². The second-order valence-corrected chi connectivity index (χ2v) is 5.36. The van der Waals surface area contributed by atoms with Crippen molar-refractivity contribution in [1.29, 1.82) is 0 Å². The van der Waals surface area contributed by atoms with Crippen LogP contribution in [0.4, 0.5) is 0 Å². The fourth-order valence-electron chi connectivity index (χ4n) is 1.90. The highest BCUT2D eigenvalue weighted by Gasteiger charge is 2.34. The second kappa shape index (κ2) is 5.64. The first-order valence-corrected chi connectivity index (χ1v) is 6.13. The second-order valence-electron chi connectivity index (χ2n) is 5.36. The van der Waals surface area contributed by atoms with Crippen LogP contribution in [0.2, 0.25) is 0 Å². The van der Waals surface area contributed by atoms with Crippen LogP contribution in [0, 0.1) is 11.3 Å². The summed E-state index contributed by atoms with van der Waals surface area (Å²) in [5.41, 5.74) is -0.311. The van der Waals surface area contributed by atoms with Crippen LogP contribution in [-0.2, 0) is 4.79 Å². The van der Waals surface area contributed by atoms with E-state index >= 15 is 0 Å². The summed E-state index contributed by atoms with van der Waals surface area (Å²) >= 11 is 0. The van der Waals surface area contributed by atoms with Crippen molar-refractivity contribution in [2.45, 2.75) is 39.7 Å². The van der Waals surface area contributed by atoms with E-state index in [4.69, 9.17) is 0 Å². The summed E-state index contributed by atoms with van der Waals surface area (Å²) in [5, 5.41) is 15.7. The summed E-state index contributed by atoms with van der Waals surface area (Å²) in [4.78, 5) is 12.0. The number of rotatable bonds is 4. The van der Waals surface area contributed by atoms with E-state index in [-0.39, 0.29) is 17.2 Å². The van der Waals surface area contributed by atoms with Gasteiger partial charge in [-0.1, -0.05) is 13.8 Å². The first-order chi connectivity index (χ1) is 7.46. The van der Waals surface area contributed by atoms with E-state index in [1.807, 2.05) is 20.8 Å². The lowest BCUT2D eigenvalue weighted by Crippen LogP contribution is -2.50. The van der Waals surface area contributed by atoms with Crippen LogP contribution in [0.1, 0.15) is 33.6 Å². The molecule has 1 saturated heterocycles. The molecule has 1 rings (SSSR count). The van der Waals surface area contributed by atoms with Crippen molar-refractivity contribution in [2.24, 2.45) is 11.3 Å². The molecule has 0 aromatic rings. The van der Waals surface area contributed by atoms with Gasteiger partial charge in [0.15, 0.2) is 0 Å². The van der Waals surface area contributed by atoms with Gasteiger partial charge in [0.25, 0.3) is 0 Å². The number of aliphatic hydroxyl groups excluding tert-OH is 1. The molecule has 0 aromatic carbocycles. The lowest BCUT2D eigenvalue weighted by atomic mass is 9.82. The Morgan fingerprint density at radius 2 is 2.25 bits per heavy atom. The Bertz CT molecular complexity index is 235. The summed E-state index contributed by atoms with van der Waals surface area (Å²) in [5.74, 6) is 0.233. The normalized spacial score (nSPS) is 27.8. The molecule has 1 fully saturated rings. The molecule has 2 atom stereocenters. The molecule has 94 valence electrons. The predicted molar refractivity (Wildman–Crippen MR) is 64.1 cm³/mol. The predicted octanol–water partition coefficient (Wildman–Crippen LogP) is 0.509. The zero-order valence-corrected chi connectivity index (χ0v) is 10.5. The van der Waals surface area contributed by atoms with E-state index in [0.29, 0.717) is 6.54 Å². The maximum Gasteiger partial charge on any atom is 0.227 e. The molecule has 0 aliphatic carbocycles. The molecule has 4 nitrogen and oxygen atoms in total. The summed E-state index contributed by atoms with van der Waals surface area (Å²) in [6, 6.07) is 0. The molecule has 0 aromatic heterocycles. The number of nitrogens with one attached hydrogen (secondary N) is 2. The maximum atomic E-state index is 12.0. The Kier molecular flexibility index (Phi) is 4.74. The molecular weight excluding hydrogens is 204 g/mol. The molecule has 0 radical (unpaired) electrons. The molecule has 4 heteroatoms. The molecule has 1 heterocycles. The van der Waals surface area contributed by atoms with Crippen LogP contribution in [0.5, 0.6) is 0 Å². The molecule has 0 saturated carbocycles.